The molecule has 1 aliphatic rings. The largest absolute Gasteiger partial charge is 0.485 e. The van der Waals surface area contributed by atoms with Gasteiger partial charge in [-0.2, -0.15) is 9.61 Å². The molecule has 3 heterocycles. The number of para-hydroxylation sites is 2. The Morgan fingerprint density at radius 2 is 1.88 bits per heavy atom. The van der Waals surface area contributed by atoms with Gasteiger partial charge in [0.2, 0.25) is 4.96 Å². The minimum absolute atomic E-state index is 0.338. The maximum absolute atomic E-state index is 6.05. The summed E-state index contributed by atoms with van der Waals surface area (Å²) in [5, 5.41) is 14.2. The Balaban J connectivity index is 1.52. The summed E-state index contributed by atoms with van der Waals surface area (Å²) in [7, 11) is 0. The fourth-order valence-electron chi connectivity index (χ4n) is 2.97. The normalized spacial score (nSPS) is 16.2. The minimum Gasteiger partial charge on any atom is -0.485 e. The maximum Gasteiger partial charge on any atom is 0.235 e. The zero-order valence-corrected chi connectivity index (χ0v) is 15.2. The van der Waals surface area contributed by atoms with Crippen LogP contribution in [0.4, 0.5) is 0 Å². The topological polar surface area (TPSA) is 61.5 Å². The summed E-state index contributed by atoms with van der Waals surface area (Å²) >= 11 is 1.52. The number of fused-ring (bicyclic) bond motifs is 2. The zero-order valence-electron chi connectivity index (χ0n) is 14.3. The van der Waals surface area contributed by atoms with Crippen LogP contribution >= 0.6 is 11.3 Å². The standard InChI is InChI=1S/C19H16N4O2S/c1-11-7-8-13(9-12(11)2)18-22-23-17(20-21-19(23)26-18)16-10-24-14-5-3-4-6-15(14)25-16/h3-9,16H,10H2,1-2H3/t16-/m0/s1. The van der Waals surface area contributed by atoms with Crippen LogP contribution in [0, 0.1) is 13.8 Å². The zero-order chi connectivity index (χ0) is 17.7. The van der Waals surface area contributed by atoms with Crippen molar-refractivity contribution in [1.29, 1.82) is 0 Å². The lowest BCUT2D eigenvalue weighted by molar-refractivity contribution is 0.0836. The SMILES string of the molecule is Cc1ccc(-c2nn3c([C@@H]4COc5ccccc5O4)nnc3s2)cc1C. The number of rotatable bonds is 2. The number of ether oxygens (including phenoxy) is 2. The summed E-state index contributed by atoms with van der Waals surface area (Å²) in [6.07, 6.45) is -0.338. The molecule has 4 aromatic rings. The number of hydrogen-bond donors (Lipinski definition) is 0. The molecule has 0 N–H and O–H groups in total. The molecule has 0 spiro atoms. The third kappa shape index (κ3) is 2.43. The van der Waals surface area contributed by atoms with Crippen LogP contribution in [0.25, 0.3) is 15.5 Å². The van der Waals surface area contributed by atoms with E-state index in [0.29, 0.717) is 18.2 Å². The number of nitrogens with zero attached hydrogens (tertiary/aromatic N) is 4. The second-order valence-electron chi connectivity index (χ2n) is 6.32. The molecule has 5 rings (SSSR count). The molecule has 0 bridgehead atoms. The third-order valence-corrected chi connectivity index (χ3v) is 5.51. The first-order chi connectivity index (χ1) is 12.7. The average Bonchev–Trinajstić information content (AvgIpc) is 3.24. The summed E-state index contributed by atoms with van der Waals surface area (Å²) in [6, 6.07) is 14.0. The summed E-state index contributed by atoms with van der Waals surface area (Å²) in [4.78, 5) is 0.746. The van der Waals surface area contributed by atoms with Crippen LogP contribution in [0.5, 0.6) is 11.5 Å². The first-order valence-electron chi connectivity index (χ1n) is 8.37. The lowest BCUT2D eigenvalue weighted by atomic mass is 10.1. The molecule has 0 saturated heterocycles. The van der Waals surface area contributed by atoms with E-state index < -0.39 is 0 Å². The fraction of sp³-hybridized carbons (Fsp3) is 0.211. The van der Waals surface area contributed by atoms with Gasteiger partial charge in [0.15, 0.2) is 23.4 Å². The van der Waals surface area contributed by atoms with E-state index in [1.165, 1.54) is 22.5 Å². The van der Waals surface area contributed by atoms with Gasteiger partial charge in [-0.15, -0.1) is 10.2 Å². The quantitative estimate of drug-likeness (QED) is 0.538. The van der Waals surface area contributed by atoms with E-state index in [1.807, 2.05) is 24.3 Å². The first-order valence-corrected chi connectivity index (χ1v) is 9.19. The van der Waals surface area contributed by atoms with Gasteiger partial charge in [-0.25, -0.2) is 0 Å². The second-order valence-corrected chi connectivity index (χ2v) is 7.28. The molecule has 0 amide bonds. The van der Waals surface area contributed by atoms with E-state index in [0.717, 1.165) is 21.3 Å². The third-order valence-electron chi connectivity index (χ3n) is 4.57. The monoisotopic (exact) mass is 364 g/mol. The van der Waals surface area contributed by atoms with E-state index in [4.69, 9.17) is 14.6 Å². The molecule has 2 aromatic heterocycles. The number of aromatic nitrogens is 4. The van der Waals surface area contributed by atoms with Crippen LogP contribution in [-0.4, -0.2) is 26.4 Å². The van der Waals surface area contributed by atoms with Crippen molar-refractivity contribution < 1.29 is 9.47 Å². The van der Waals surface area contributed by atoms with Crippen molar-refractivity contribution in [2.45, 2.75) is 20.0 Å². The molecule has 0 radical (unpaired) electrons. The molecule has 2 aromatic carbocycles. The Kier molecular flexibility index (Phi) is 3.43. The molecule has 0 saturated carbocycles. The number of aryl methyl sites for hydroxylation is 2. The molecule has 7 heteroatoms. The van der Waals surface area contributed by atoms with Gasteiger partial charge in [0, 0.05) is 5.56 Å². The van der Waals surface area contributed by atoms with Gasteiger partial charge in [-0.1, -0.05) is 35.6 Å². The van der Waals surface area contributed by atoms with Crippen molar-refractivity contribution in [3.63, 3.8) is 0 Å². The predicted octanol–water partition coefficient (Wildman–Crippen LogP) is 3.98. The molecular formula is C19H16N4O2S. The number of hydrogen-bond acceptors (Lipinski definition) is 6. The van der Waals surface area contributed by atoms with Crippen molar-refractivity contribution in [2.75, 3.05) is 6.61 Å². The van der Waals surface area contributed by atoms with Crippen LogP contribution in [0.15, 0.2) is 42.5 Å². The number of benzene rings is 2. The summed E-state index contributed by atoms with van der Waals surface area (Å²) < 4.78 is 13.6. The van der Waals surface area contributed by atoms with Gasteiger partial charge in [0.05, 0.1) is 0 Å². The van der Waals surface area contributed by atoms with E-state index in [2.05, 4.69) is 42.2 Å². The van der Waals surface area contributed by atoms with Crippen LogP contribution in [0.3, 0.4) is 0 Å². The molecule has 130 valence electrons. The van der Waals surface area contributed by atoms with Crippen molar-refractivity contribution >= 4 is 16.3 Å². The highest BCUT2D eigenvalue weighted by atomic mass is 32.1. The Hall–Kier alpha value is -2.93. The highest BCUT2D eigenvalue weighted by Crippen LogP contribution is 2.36. The lowest BCUT2D eigenvalue weighted by Crippen LogP contribution is -2.23. The smallest absolute Gasteiger partial charge is 0.235 e. The summed E-state index contributed by atoms with van der Waals surface area (Å²) in [6.45, 7) is 4.59. The van der Waals surface area contributed by atoms with Gasteiger partial charge >= 0.3 is 0 Å². The molecule has 26 heavy (non-hydrogen) atoms. The molecule has 0 aliphatic carbocycles. The van der Waals surface area contributed by atoms with Crippen molar-refractivity contribution in [2.24, 2.45) is 0 Å². The van der Waals surface area contributed by atoms with Crippen LogP contribution < -0.4 is 9.47 Å². The van der Waals surface area contributed by atoms with Gasteiger partial charge < -0.3 is 9.47 Å². The Morgan fingerprint density at radius 1 is 1.04 bits per heavy atom. The minimum atomic E-state index is -0.338. The maximum atomic E-state index is 6.05. The fourth-order valence-corrected chi connectivity index (χ4v) is 3.81. The average molecular weight is 364 g/mol. The lowest BCUT2D eigenvalue weighted by Gasteiger charge is -2.24. The van der Waals surface area contributed by atoms with Crippen LogP contribution in [0.2, 0.25) is 0 Å². The molecule has 6 nitrogen and oxygen atoms in total. The summed E-state index contributed by atoms with van der Waals surface area (Å²) in [5.74, 6) is 2.12. The highest BCUT2D eigenvalue weighted by molar-refractivity contribution is 7.19. The van der Waals surface area contributed by atoms with E-state index >= 15 is 0 Å². The van der Waals surface area contributed by atoms with Crippen LogP contribution in [0.1, 0.15) is 23.1 Å². The Morgan fingerprint density at radius 3 is 2.73 bits per heavy atom. The molecule has 0 unspecified atom stereocenters. The molecular weight excluding hydrogens is 348 g/mol. The molecule has 1 aliphatic heterocycles. The van der Waals surface area contributed by atoms with Crippen LogP contribution in [-0.2, 0) is 0 Å². The van der Waals surface area contributed by atoms with E-state index in [1.54, 1.807) is 4.52 Å². The van der Waals surface area contributed by atoms with Gasteiger partial charge in [-0.3, -0.25) is 0 Å². The van der Waals surface area contributed by atoms with Gasteiger partial charge in [0.1, 0.15) is 11.6 Å². The van der Waals surface area contributed by atoms with Crippen molar-refractivity contribution in [1.82, 2.24) is 19.8 Å². The molecule has 1 atom stereocenters. The van der Waals surface area contributed by atoms with Gasteiger partial charge in [0.25, 0.3) is 0 Å². The van der Waals surface area contributed by atoms with Gasteiger partial charge in [-0.05, 0) is 43.2 Å². The van der Waals surface area contributed by atoms with E-state index in [-0.39, 0.29) is 6.10 Å². The molecule has 0 fully saturated rings. The first kappa shape index (κ1) is 15.3. The highest BCUT2D eigenvalue weighted by Gasteiger charge is 2.28. The Bertz CT molecular complexity index is 1120. The Labute approximate surface area is 154 Å². The van der Waals surface area contributed by atoms with E-state index in [9.17, 15) is 0 Å². The predicted molar refractivity (Wildman–Crippen MR) is 98.9 cm³/mol. The second kappa shape index (κ2) is 5.81. The van der Waals surface area contributed by atoms with Crippen molar-refractivity contribution in [3.05, 3.63) is 59.4 Å². The van der Waals surface area contributed by atoms with Crippen molar-refractivity contribution in [3.8, 4) is 22.1 Å². The summed E-state index contributed by atoms with van der Waals surface area (Å²) in [5.41, 5.74) is 3.60.